The molecule has 0 radical (unpaired) electrons. The first-order chi connectivity index (χ1) is 13.6. The van der Waals surface area contributed by atoms with Crippen molar-refractivity contribution >= 4 is 28.4 Å². The van der Waals surface area contributed by atoms with E-state index >= 15 is 0 Å². The number of pyridine rings is 1. The van der Waals surface area contributed by atoms with Gasteiger partial charge in [0.2, 0.25) is 5.91 Å². The summed E-state index contributed by atoms with van der Waals surface area (Å²) in [5, 5.41) is 2.82. The maximum absolute atomic E-state index is 11.3. The summed E-state index contributed by atoms with van der Waals surface area (Å²) in [6.07, 6.45) is 2.76. The minimum Gasteiger partial charge on any atom is -0.354 e. The lowest BCUT2D eigenvalue weighted by Crippen LogP contribution is -2.47. The zero-order chi connectivity index (χ0) is 19.5. The number of rotatable bonds is 5. The first kappa shape index (κ1) is 18.4. The highest BCUT2D eigenvalue weighted by Crippen LogP contribution is 2.20. The number of fused-ring (bicyclic) bond motifs is 1. The number of nitrogens with zero attached hydrogens (tertiary/aromatic N) is 5. The summed E-state index contributed by atoms with van der Waals surface area (Å²) in [7, 11) is 2.06. The molecule has 0 saturated carbocycles. The van der Waals surface area contributed by atoms with Crippen molar-refractivity contribution in [2.75, 3.05) is 42.9 Å². The van der Waals surface area contributed by atoms with Crippen LogP contribution in [0.5, 0.6) is 0 Å². The summed E-state index contributed by atoms with van der Waals surface area (Å²) >= 11 is 0. The Kier molecular flexibility index (Phi) is 5.25. The Morgan fingerprint density at radius 1 is 1.14 bits per heavy atom. The van der Waals surface area contributed by atoms with Gasteiger partial charge in [0, 0.05) is 65.0 Å². The van der Waals surface area contributed by atoms with Gasteiger partial charge in [-0.15, -0.1) is 0 Å². The molecule has 7 heteroatoms. The average Bonchev–Trinajstić information content (AvgIpc) is 3.02. The normalized spacial score (nSPS) is 15.1. The standard InChI is InChI=1S/C21H26N6O/c1-16(28)23-17-6-7-19-18(15-17)24-21(25(19)2)8-10-26-11-13-27(14-12-26)20-5-3-4-9-22-20/h3-7,9,15H,8,10-14H2,1-2H3,(H,23,28). The van der Waals surface area contributed by atoms with Crippen LogP contribution in [0.3, 0.4) is 0 Å². The number of hydrogen-bond donors (Lipinski definition) is 1. The average molecular weight is 378 g/mol. The summed E-state index contributed by atoms with van der Waals surface area (Å²) in [4.78, 5) is 25.3. The summed E-state index contributed by atoms with van der Waals surface area (Å²) < 4.78 is 2.15. The first-order valence-electron chi connectivity index (χ1n) is 9.71. The van der Waals surface area contributed by atoms with Gasteiger partial charge in [0.15, 0.2) is 0 Å². The molecule has 7 nitrogen and oxygen atoms in total. The van der Waals surface area contributed by atoms with Crippen LogP contribution in [-0.2, 0) is 18.3 Å². The topological polar surface area (TPSA) is 66.3 Å². The molecule has 1 aliphatic heterocycles. The molecule has 28 heavy (non-hydrogen) atoms. The third kappa shape index (κ3) is 3.99. The quantitative estimate of drug-likeness (QED) is 0.738. The van der Waals surface area contributed by atoms with Gasteiger partial charge in [-0.25, -0.2) is 9.97 Å². The van der Waals surface area contributed by atoms with Gasteiger partial charge in [0.1, 0.15) is 11.6 Å². The smallest absolute Gasteiger partial charge is 0.221 e. The summed E-state index contributed by atoms with van der Waals surface area (Å²) in [5.41, 5.74) is 2.79. The van der Waals surface area contributed by atoms with E-state index in [-0.39, 0.29) is 5.91 Å². The molecule has 0 aliphatic carbocycles. The van der Waals surface area contributed by atoms with E-state index in [1.807, 2.05) is 36.5 Å². The highest BCUT2D eigenvalue weighted by atomic mass is 16.1. The molecule has 4 rings (SSSR count). The van der Waals surface area contributed by atoms with Gasteiger partial charge >= 0.3 is 0 Å². The van der Waals surface area contributed by atoms with Crippen molar-refractivity contribution in [3.63, 3.8) is 0 Å². The molecule has 1 fully saturated rings. The Labute approximate surface area is 165 Å². The van der Waals surface area contributed by atoms with E-state index in [0.717, 1.165) is 67.5 Å². The molecule has 1 aromatic carbocycles. The monoisotopic (exact) mass is 378 g/mol. The number of amides is 1. The molecule has 0 atom stereocenters. The van der Waals surface area contributed by atoms with Crippen LogP contribution in [0.25, 0.3) is 11.0 Å². The van der Waals surface area contributed by atoms with Gasteiger partial charge in [-0.3, -0.25) is 9.69 Å². The Bertz CT molecular complexity index is 960. The van der Waals surface area contributed by atoms with E-state index in [4.69, 9.17) is 4.98 Å². The second-order valence-electron chi connectivity index (χ2n) is 7.24. The largest absolute Gasteiger partial charge is 0.354 e. The second-order valence-corrected chi connectivity index (χ2v) is 7.24. The molecule has 0 bridgehead atoms. The fraction of sp³-hybridized carbons (Fsp3) is 0.381. The van der Waals surface area contributed by atoms with Crippen LogP contribution in [0, 0.1) is 0 Å². The summed E-state index contributed by atoms with van der Waals surface area (Å²) in [6, 6.07) is 11.9. The van der Waals surface area contributed by atoms with Crippen LogP contribution in [-0.4, -0.2) is 58.1 Å². The number of carbonyl (C=O) groups is 1. The van der Waals surface area contributed by atoms with Gasteiger partial charge in [-0.05, 0) is 30.3 Å². The van der Waals surface area contributed by atoms with Crippen LogP contribution in [0.2, 0.25) is 0 Å². The molecule has 1 N–H and O–H groups in total. The van der Waals surface area contributed by atoms with E-state index in [1.54, 1.807) is 0 Å². The van der Waals surface area contributed by atoms with E-state index in [2.05, 4.69) is 37.8 Å². The third-order valence-corrected chi connectivity index (χ3v) is 5.29. The van der Waals surface area contributed by atoms with Crippen LogP contribution in [0.15, 0.2) is 42.6 Å². The Morgan fingerprint density at radius 3 is 2.68 bits per heavy atom. The van der Waals surface area contributed by atoms with Crippen molar-refractivity contribution in [2.24, 2.45) is 7.05 Å². The fourth-order valence-corrected chi connectivity index (χ4v) is 3.75. The minimum atomic E-state index is -0.0691. The van der Waals surface area contributed by atoms with Gasteiger partial charge in [-0.2, -0.15) is 0 Å². The zero-order valence-electron chi connectivity index (χ0n) is 16.4. The maximum Gasteiger partial charge on any atom is 0.221 e. The highest BCUT2D eigenvalue weighted by Gasteiger charge is 2.18. The number of carbonyl (C=O) groups excluding carboxylic acids is 1. The van der Waals surface area contributed by atoms with Gasteiger partial charge in [0.25, 0.3) is 0 Å². The molecule has 2 aromatic heterocycles. The lowest BCUT2D eigenvalue weighted by atomic mass is 10.2. The second kappa shape index (κ2) is 7.98. The third-order valence-electron chi connectivity index (χ3n) is 5.29. The molecular weight excluding hydrogens is 352 g/mol. The molecule has 1 aliphatic rings. The van der Waals surface area contributed by atoms with Crippen LogP contribution in [0.4, 0.5) is 11.5 Å². The number of aryl methyl sites for hydroxylation is 1. The van der Waals surface area contributed by atoms with Gasteiger partial charge in [0.05, 0.1) is 11.0 Å². The summed E-state index contributed by atoms with van der Waals surface area (Å²) in [6.45, 7) is 6.58. The van der Waals surface area contributed by atoms with Crippen LogP contribution in [0.1, 0.15) is 12.7 Å². The van der Waals surface area contributed by atoms with Crippen molar-refractivity contribution in [2.45, 2.75) is 13.3 Å². The molecule has 1 saturated heterocycles. The molecule has 0 unspecified atom stereocenters. The number of nitrogens with one attached hydrogen (secondary N) is 1. The molecule has 3 heterocycles. The van der Waals surface area contributed by atoms with Gasteiger partial charge < -0.3 is 14.8 Å². The highest BCUT2D eigenvalue weighted by molar-refractivity contribution is 5.91. The Balaban J connectivity index is 1.36. The predicted molar refractivity (Wildman–Crippen MR) is 112 cm³/mol. The van der Waals surface area contributed by atoms with Crippen molar-refractivity contribution in [1.82, 2.24) is 19.4 Å². The molecule has 3 aromatic rings. The SMILES string of the molecule is CC(=O)Nc1ccc2c(c1)nc(CCN1CCN(c3ccccn3)CC1)n2C. The van der Waals surface area contributed by atoms with Gasteiger partial charge in [-0.1, -0.05) is 6.07 Å². The Morgan fingerprint density at radius 2 is 1.96 bits per heavy atom. The number of anilines is 2. The van der Waals surface area contributed by atoms with Crippen LogP contribution < -0.4 is 10.2 Å². The van der Waals surface area contributed by atoms with E-state index in [0.29, 0.717) is 0 Å². The number of aromatic nitrogens is 3. The maximum atomic E-state index is 11.3. The minimum absolute atomic E-state index is 0.0691. The molecular formula is C21H26N6O. The van der Waals surface area contributed by atoms with Crippen molar-refractivity contribution < 1.29 is 4.79 Å². The number of hydrogen-bond acceptors (Lipinski definition) is 5. The predicted octanol–water partition coefficient (Wildman–Crippen LogP) is 2.29. The van der Waals surface area contributed by atoms with Crippen molar-refractivity contribution in [3.05, 3.63) is 48.4 Å². The first-order valence-corrected chi connectivity index (χ1v) is 9.71. The Hall–Kier alpha value is -2.93. The molecule has 1 amide bonds. The van der Waals surface area contributed by atoms with E-state index in [9.17, 15) is 4.79 Å². The number of imidazole rings is 1. The lowest BCUT2D eigenvalue weighted by Gasteiger charge is -2.35. The molecule has 146 valence electrons. The van der Waals surface area contributed by atoms with E-state index < -0.39 is 0 Å². The lowest BCUT2D eigenvalue weighted by molar-refractivity contribution is -0.114. The summed E-state index contributed by atoms with van der Waals surface area (Å²) in [5.74, 6) is 2.06. The van der Waals surface area contributed by atoms with Crippen molar-refractivity contribution in [1.29, 1.82) is 0 Å². The fourth-order valence-electron chi connectivity index (χ4n) is 3.75. The molecule has 0 spiro atoms. The van der Waals surface area contributed by atoms with E-state index in [1.165, 1.54) is 6.92 Å². The number of benzene rings is 1. The number of piperazine rings is 1. The van der Waals surface area contributed by atoms with Crippen LogP contribution >= 0.6 is 0 Å². The zero-order valence-corrected chi connectivity index (χ0v) is 16.4. The van der Waals surface area contributed by atoms with Crippen molar-refractivity contribution in [3.8, 4) is 0 Å².